The molecule has 0 amide bonds. The van der Waals surface area contributed by atoms with Crippen molar-refractivity contribution < 1.29 is 0 Å². The number of aryl methyl sites for hydroxylation is 2. The molecule has 0 aromatic carbocycles. The number of nitrogens with zero attached hydrogens (tertiary/aromatic N) is 5. The fourth-order valence-corrected chi connectivity index (χ4v) is 3.92. The van der Waals surface area contributed by atoms with Crippen molar-refractivity contribution in [1.29, 1.82) is 0 Å². The Hall–Kier alpha value is -0.900. The zero-order valence-corrected chi connectivity index (χ0v) is 21.4. The molecule has 2 heterocycles. The Labute approximate surface area is 194 Å². The second kappa shape index (κ2) is 14.2. The zero-order valence-electron chi connectivity index (χ0n) is 19.1. The Balaban J connectivity index is 0.00000420. The van der Waals surface area contributed by atoms with Crippen LogP contribution in [-0.2, 0) is 19.4 Å². The molecule has 2 N–H and O–H groups in total. The maximum absolute atomic E-state index is 4.75. The number of hydrogen-bond donors (Lipinski definition) is 2. The first-order valence-electron chi connectivity index (χ1n) is 11.2. The fraction of sp³-hybridized carbons (Fsp3) is 0.857. The zero-order chi connectivity index (χ0) is 20.4. The van der Waals surface area contributed by atoms with Crippen LogP contribution in [0.15, 0.2) is 4.99 Å². The van der Waals surface area contributed by atoms with E-state index in [0.29, 0.717) is 12.1 Å². The Morgan fingerprint density at radius 3 is 2.55 bits per heavy atom. The van der Waals surface area contributed by atoms with E-state index in [1.54, 1.807) is 0 Å². The molecule has 0 unspecified atom stereocenters. The Kier molecular flexibility index (Phi) is 12.8. The van der Waals surface area contributed by atoms with E-state index in [1.165, 1.54) is 25.1 Å². The molecule has 168 valence electrons. The van der Waals surface area contributed by atoms with E-state index in [9.17, 15) is 0 Å². The smallest absolute Gasteiger partial charge is 0.191 e. The number of halogens is 1. The molecular formula is C21H42IN7. The summed E-state index contributed by atoms with van der Waals surface area (Å²) in [6.45, 7) is 15.8. The molecule has 0 fully saturated rings. The highest BCUT2D eigenvalue weighted by Gasteiger charge is 2.14. The van der Waals surface area contributed by atoms with Crippen LogP contribution in [0.25, 0.3) is 0 Å². The summed E-state index contributed by atoms with van der Waals surface area (Å²) in [5.74, 6) is 3.22. The number of guanidine groups is 1. The number of fused-ring (bicyclic) bond motifs is 1. The Bertz CT molecular complexity index is 590. The van der Waals surface area contributed by atoms with Crippen LogP contribution in [0.1, 0.15) is 72.0 Å². The molecule has 7 nitrogen and oxygen atoms in total. The fourth-order valence-electron chi connectivity index (χ4n) is 3.92. The molecule has 0 aliphatic carbocycles. The summed E-state index contributed by atoms with van der Waals surface area (Å²) in [5.41, 5.74) is 0. The van der Waals surface area contributed by atoms with Crippen molar-refractivity contribution >= 4 is 29.9 Å². The van der Waals surface area contributed by atoms with Gasteiger partial charge in [0.1, 0.15) is 11.6 Å². The van der Waals surface area contributed by atoms with Gasteiger partial charge in [-0.2, -0.15) is 0 Å². The van der Waals surface area contributed by atoms with Gasteiger partial charge in [0, 0.05) is 57.6 Å². The van der Waals surface area contributed by atoms with Gasteiger partial charge in [0.15, 0.2) is 5.96 Å². The topological polar surface area (TPSA) is 70.4 Å². The summed E-state index contributed by atoms with van der Waals surface area (Å²) in [6.07, 6.45) is 6.81. The van der Waals surface area contributed by atoms with Crippen LogP contribution in [0.5, 0.6) is 0 Å². The molecule has 1 aliphatic rings. The van der Waals surface area contributed by atoms with E-state index in [2.05, 4.69) is 64.9 Å². The van der Waals surface area contributed by atoms with Crippen LogP contribution < -0.4 is 10.6 Å². The van der Waals surface area contributed by atoms with Crippen molar-refractivity contribution in [2.24, 2.45) is 4.99 Å². The number of rotatable bonds is 10. The summed E-state index contributed by atoms with van der Waals surface area (Å²) in [4.78, 5) is 7.24. The highest BCUT2D eigenvalue weighted by Crippen LogP contribution is 2.15. The van der Waals surface area contributed by atoms with Gasteiger partial charge in [0.25, 0.3) is 0 Å². The number of aliphatic imine (C=N–C) groups is 1. The average molecular weight is 520 g/mol. The van der Waals surface area contributed by atoms with Crippen LogP contribution in [-0.4, -0.2) is 63.9 Å². The largest absolute Gasteiger partial charge is 0.357 e. The van der Waals surface area contributed by atoms with Gasteiger partial charge in [0.2, 0.25) is 0 Å². The van der Waals surface area contributed by atoms with Crippen LogP contribution in [0.2, 0.25) is 0 Å². The van der Waals surface area contributed by atoms with Crippen LogP contribution >= 0.6 is 24.0 Å². The second-order valence-corrected chi connectivity index (χ2v) is 8.21. The molecule has 0 saturated carbocycles. The van der Waals surface area contributed by atoms with Crippen molar-refractivity contribution in [2.75, 3.05) is 26.2 Å². The molecule has 0 bridgehead atoms. The van der Waals surface area contributed by atoms with Gasteiger partial charge in [-0.3, -0.25) is 9.89 Å². The van der Waals surface area contributed by atoms with Crippen LogP contribution in [0.3, 0.4) is 0 Å². The van der Waals surface area contributed by atoms with Gasteiger partial charge in [-0.15, -0.1) is 34.2 Å². The lowest BCUT2D eigenvalue weighted by molar-refractivity contribution is 0.178. The molecule has 0 atom stereocenters. The second-order valence-electron chi connectivity index (χ2n) is 8.21. The standard InChI is InChI=1S/C21H41N7.HI/c1-6-22-21(24-14-16-27(17(2)3)18(4)5)23-13-10-12-20-26-25-19-11-8-7-9-15-28(19)20;/h17-18H,6-16H2,1-5H3,(H2,22,23,24);1H. The number of hydrogen-bond acceptors (Lipinski definition) is 4. The summed E-state index contributed by atoms with van der Waals surface area (Å²) >= 11 is 0. The first kappa shape index (κ1) is 26.1. The molecule has 1 aromatic rings. The molecule has 0 saturated heterocycles. The van der Waals surface area contributed by atoms with E-state index in [-0.39, 0.29) is 24.0 Å². The van der Waals surface area contributed by atoms with E-state index in [1.807, 2.05) is 0 Å². The molecular weight excluding hydrogens is 477 g/mol. The molecule has 1 aromatic heterocycles. The lowest BCUT2D eigenvalue weighted by Gasteiger charge is -2.30. The first-order valence-corrected chi connectivity index (χ1v) is 11.2. The lowest BCUT2D eigenvalue weighted by Crippen LogP contribution is -2.45. The Morgan fingerprint density at radius 1 is 1.10 bits per heavy atom. The molecule has 1 aliphatic heterocycles. The van der Waals surface area contributed by atoms with E-state index in [4.69, 9.17) is 4.99 Å². The van der Waals surface area contributed by atoms with Crippen LogP contribution in [0, 0.1) is 0 Å². The highest BCUT2D eigenvalue weighted by atomic mass is 127. The lowest BCUT2D eigenvalue weighted by atomic mass is 10.2. The summed E-state index contributed by atoms with van der Waals surface area (Å²) in [5, 5.41) is 15.6. The van der Waals surface area contributed by atoms with E-state index in [0.717, 1.165) is 63.8 Å². The third-order valence-corrected chi connectivity index (χ3v) is 5.35. The molecule has 0 radical (unpaired) electrons. The normalized spacial score (nSPS) is 14.7. The summed E-state index contributed by atoms with van der Waals surface area (Å²) in [6, 6.07) is 1.11. The predicted octanol–water partition coefficient (Wildman–Crippen LogP) is 3.23. The van der Waals surface area contributed by atoms with Crippen molar-refractivity contribution in [3.05, 3.63) is 11.6 Å². The summed E-state index contributed by atoms with van der Waals surface area (Å²) in [7, 11) is 0. The third-order valence-electron chi connectivity index (χ3n) is 5.35. The minimum atomic E-state index is 0. The van der Waals surface area contributed by atoms with Gasteiger partial charge >= 0.3 is 0 Å². The van der Waals surface area contributed by atoms with Gasteiger partial charge in [0.05, 0.1) is 0 Å². The molecule has 8 heteroatoms. The van der Waals surface area contributed by atoms with Gasteiger partial charge in [-0.05, 0) is 53.9 Å². The highest BCUT2D eigenvalue weighted by molar-refractivity contribution is 14.0. The van der Waals surface area contributed by atoms with E-state index >= 15 is 0 Å². The van der Waals surface area contributed by atoms with Gasteiger partial charge in [-0.1, -0.05) is 6.42 Å². The molecule has 0 spiro atoms. The van der Waals surface area contributed by atoms with E-state index < -0.39 is 0 Å². The van der Waals surface area contributed by atoms with Gasteiger partial charge in [-0.25, -0.2) is 0 Å². The van der Waals surface area contributed by atoms with Crippen molar-refractivity contribution in [3.63, 3.8) is 0 Å². The number of nitrogens with one attached hydrogen (secondary N) is 2. The quantitative estimate of drug-likeness (QED) is 0.215. The van der Waals surface area contributed by atoms with Crippen molar-refractivity contribution in [2.45, 2.75) is 91.8 Å². The van der Waals surface area contributed by atoms with Crippen molar-refractivity contribution in [1.82, 2.24) is 30.3 Å². The maximum Gasteiger partial charge on any atom is 0.191 e. The molecule has 29 heavy (non-hydrogen) atoms. The maximum atomic E-state index is 4.75. The van der Waals surface area contributed by atoms with Crippen molar-refractivity contribution in [3.8, 4) is 0 Å². The predicted molar refractivity (Wildman–Crippen MR) is 132 cm³/mol. The van der Waals surface area contributed by atoms with Crippen LogP contribution in [0.4, 0.5) is 0 Å². The SMILES string of the molecule is CCNC(=NCCCc1nnc2n1CCCCC2)NCCN(C(C)C)C(C)C.I. The third kappa shape index (κ3) is 8.78. The minimum Gasteiger partial charge on any atom is -0.357 e. The minimum absolute atomic E-state index is 0. The first-order chi connectivity index (χ1) is 13.5. The monoisotopic (exact) mass is 519 g/mol. The molecule has 2 rings (SSSR count). The Morgan fingerprint density at radius 2 is 1.86 bits per heavy atom. The average Bonchev–Trinajstić information content (AvgIpc) is 2.87. The summed E-state index contributed by atoms with van der Waals surface area (Å²) < 4.78 is 2.34. The number of aromatic nitrogens is 3. The van der Waals surface area contributed by atoms with Gasteiger partial charge < -0.3 is 15.2 Å².